The van der Waals surface area contributed by atoms with Crippen LogP contribution in [0.4, 0.5) is 0 Å². The van der Waals surface area contributed by atoms with Gasteiger partial charge in [-0.1, -0.05) is 12.1 Å². The number of hydrogen-bond donors (Lipinski definition) is 2. The molecule has 0 spiro atoms. The summed E-state index contributed by atoms with van der Waals surface area (Å²) in [7, 11) is 0. The number of imide groups is 1. The van der Waals surface area contributed by atoms with E-state index in [-0.39, 0.29) is 35.5 Å². The maximum absolute atomic E-state index is 11.6. The van der Waals surface area contributed by atoms with Crippen LogP contribution in [0, 0.1) is 0 Å². The molecule has 1 heterocycles. The molecule has 0 saturated carbocycles. The van der Waals surface area contributed by atoms with E-state index in [1.54, 1.807) is 6.07 Å². The molecule has 1 aliphatic rings. The summed E-state index contributed by atoms with van der Waals surface area (Å²) in [6, 6.07) is 4.52. The van der Waals surface area contributed by atoms with Crippen molar-refractivity contribution in [3.8, 4) is 0 Å². The lowest BCUT2D eigenvalue weighted by atomic mass is 9.98. The number of ketones is 1. The van der Waals surface area contributed by atoms with Gasteiger partial charge < -0.3 is 5.11 Å². The molecule has 0 unspecified atom stereocenters. The van der Waals surface area contributed by atoms with Gasteiger partial charge in [-0.3, -0.25) is 19.7 Å². The second-order valence-corrected chi connectivity index (χ2v) is 3.41. The number of carbonyl (C=O) groups is 3. The molecule has 82 valence electrons. The Labute approximate surface area is 91.1 Å². The molecule has 0 atom stereocenters. The molecule has 1 aromatic rings. The molecule has 0 bridgehead atoms. The molecule has 0 radical (unpaired) electrons. The van der Waals surface area contributed by atoms with E-state index in [1.165, 1.54) is 12.1 Å². The second kappa shape index (κ2) is 3.86. The average molecular weight is 219 g/mol. The van der Waals surface area contributed by atoms with Gasteiger partial charge in [0.1, 0.15) is 0 Å². The molecular formula is C11H9NO4. The van der Waals surface area contributed by atoms with Crippen LogP contribution in [0.5, 0.6) is 0 Å². The Hall–Kier alpha value is -2.01. The van der Waals surface area contributed by atoms with Gasteiger partial charge in [0.2, 0.25) is 0 Å². The molecule has 16 heavy (non-hydrogen) atoms. The summed E-state index contributed by atoms with van der Waals surface area (Å²) in [5.41, 5.74) is 0.523. The molecule has 0 saturated heterocycles. The molecule has 5 nitrogen and oxygen atoms in total. The molecule has 1 aliphatic heterocycles. The van der Waals surface area contributed by atoms with Crippen LogP contribution in [0.2, 0.25) is 0 Å². The van der Waals surface area contributed by atoms with Crippen LogP contribution in [0.25, 0.3) is 0 Å². The monoisotopic (exact) mass is 219 g/mol. The van der Waals surface area contributed by atoms with Gasteiger partial charge >= 0.3 is 0 Å². The van der Waals surface area contributed by atoms with Crippen molar-refractivity contribution in [2.45, 2.75) is 6.42 Å². The molecule has 5 heteroatoms. The van der Waals surface area contributed by atoms with Gasteiger partial charge in [-0.25, -0.2) is 0 Å². The first-order chi connectivity index (χ1) is 7.65. The quantitative estimate of drug-likeness (QED) is 0.559. The Morgan fingerprint density at radius 3 is 2.69 bits per heavy atom. The predicted octanol–water partition coefficient (Wildman–Crippen LogP) is 0.135. The minimum Gasteiger partial charge on any atom is -0.396 e. The summed E-state index contributed by atoms with van der Waals surface area (Å²) in [4.78, 5) is 34.4. The van der Waals surface area contributed by atoms with E-state index in [4.69, 9.17) is 5.11 Å². The van der Waals surface area contributed by atoms with E-state index in [1.807, 2.05) is 0 Å². The van der Waals surface area contributed by atoms with E-state index in [9.17, 15) is 14.4 Å². The summed E-state index contributed by atoms with van der Waals surface area (Å²) >= 11 is 0. The first kappa shape index (κ1) is 10.5. The zero-order chi connectivity index (χ0) is 11.7. The number of benzene rings is 1. The lowest BCUT2D eigenvalue weighted by Gasteiger charge is -2.03. The van der Waals surface area contributed by atoms with Crippen LogP contribution in [-0.2, 0) is 0 Å². The van der Waals surface area contributed by atoms with Gasteiger partial charge in [0.15, 0.2) is 5.78 Å². The Morgan fingerprint density at radius 1 is 1.25 bits per heavy atom. The standard InChI is InChI=1S/C11H9NO4/c13-5-4-8(14)6-2-1-3-7-9(6)11(16)12-10(7)15/h1-3,13H,4-5H2,(H,12,15,16). The fraction of sp³-hybridized carbons (Fsp3) is 0.182. The van der Waals surface area contributed by atoms with Crippen molar-refractivity contribution >= 4 is 17.6 Å². The van der Waals surface area contributed by atoms with Crippen molar-refractivity contribution in [1.29, 1.82) is 0 Å². The summed E-state index contributed by atoms with van der Waals surface area (Å²) in [5.74, 6) is -1.38. The second-order valence-electron chi connectivity index (χ2n) is 3.41. The normalized spacial score (nSPS) is 13.6. The van der Waals surface area contributed by atoms with Crippen molar-refractivity contribution in [3.63, 3.8) is 0 Å². The van der Waals surface area contributed by atoms with Gasteiger partial charge in [-0.2, -0.15) is 0 Å². The molecule has 1 aromatic carbocycles. The molecular weight excluding hydrogens is 210 g/mol. The summed E-state index contributed by atoms with van der Waals surface area (Å²) < 4.78 is 0. The lowest BCUT2D eigenvalue weighted by Crippen LogP contribution is -2.20. The SMILES string of the molecule is O=C(CCO)c1cccc2c1C(=O)NC2=O. The predicted molar refractivity (Wildman–Crippen MR) is 54.3 cm³/mol. The number of rotatable bonds is 3. The molecule has 0 aromatic heterocycles. The third-order valence-electron chi connectivity index (χ3n) is 2.40. The maximum atomic E-state index is 11.6. The first-order valence-electron chi connectivity index (χ1n) is 4.78. The Kier molecular flexibility index (Phi) is 2.54. The summed E-state index contributed by atoms with van der Waals surface area (Å²) in [6.45, 7) is -0.280. The van der Waals surface area contributed by atoms with Gasteiger partial charge in [-0.15, -0.1) is 0 Å². The van der Waals surface area contributed by atoms with Gasteiger partial charge in [0.05, 0.1) is 17.7 Å². The van der Waals surface area contributed by atoms with Crippen LogP contribution in [0.3, 0.4) is 0 Å². The average Bonchev–Trinajstić information content (AvgIpc) is 2.55. The van der Waals surface area contributed by atoms with Crippen LogP contribution in [0.1, 0.15) is 37.5 Å². The number of fused-ring (bicyclic) bond motifs is 1. The fourth-order valence-corrected chi connectivity index (χ4v) is 1.69. The topological polar surface area (TPSA) is 83.5 Å². The Bertz CT molecular complexity index is 493. The van der Waals surface area contributed by atoms with Crippen molar-refractivity contribution in [3.05, 3.63) is 34.9 Å². The lowest BCUT2D eigenvalue weighted by molar-refractivity contribution is 0.0871. The number of aliphatic hydroxyl groups excluding tert-OH is 1. The van der Waals surface area contributed by atoms with E-state index in [2.05, 4.69) is 5.32 Å². The van der Waals surface area contributed by atoms with Crippen molar-refractivity contribution < 1.29 is 19.5 Å². The summed E-state index contributed by atoms with van der Waals surface area (Å²) in [6.07, 6.45) is -0.0576. The number of hydrogen-bond acceptors (Lipinski definition) is 4. The highest BCUT2D eigenvalue weighted by atomic mass is 16.3. The molecule has 2 rings (SSSR count). The van der Waals surface area contributed by atoms with E-state index in [0.29, 0.717) is 0 Å². The number of nitrogens with one attached hydrogen (secondary N) is 1. The van der Waals surface area contributed by atoms with Gasteiger partial charge in [-0.05, 0) is 6.07 Å². The Morgan fingerprint density at radius 2 is 2.00 bits per heavy atom. The third kappa shape index (κ3) is 1.51. The minimum absolute atomic E-state index is 0.0576. The van der Waals surface area contributed by atoms with Crippen molar-refractivity contribution in [2.75, 3.05) is 6.61 Å². The first-order valence-corrected chi connectivity index (χ1v) is 4.78. The third-order valence-corrected chi connectivity index (χ3v) is 2.40. The van der Waals surface area contributed by atoms with Crippen LogP contribution in [0.15, 0.2) is 18.2 Å². The van der Waals surface area contributed by atoms with Crippen LogP contribution >= 0.6 is 0 Å². The zero-order valence-corrected chi connectivity index (χ0v) is 8.32. The number of amides is 2. The maximum Gasteiger partial charge on any atom is 0.259 e. The Balaban J connectivity index is 2.53. The highest BCUT2D eigenvalue weighted by Crippen LogP contribution is 2.21. The van der Waals surface area contributed by atoms with Gasteiger partial charge in [0, 0.05) is 12.0 Å². The smallest absolute Gasteiger partial charge is 0.259 e. The number of Topliss-reactive ketones (excluding diaryl/α,β-unsaturated/α-hetero) is 1. The van der Waals surface area contributed by atoms with Crippen molar-refractivity contribution in [1.82, 2.24) is 5.32 Å². The minimum atomic E-state index is -0.554. The number of carbonyl (C=O) groups excluding carboxylic acids is 3. The van der Waals surface area contributed by atoms with E-state index in [0.717, 1.165) is 0 Å². The van der Waals surface area contributed by atoms with Crippen LogP contribution < -0.4 is 5.32 Å². The molecule has 0 aliphatic carbocycles. The largest absolute Gasteiger partial charge is 0.396 e. The van der Waals surface area contributed by atoms with Crippen molar-refractivity contribution in [2.24, 2.45) is 0 Å². The molecule has 0 fully saturated rings. The van der Waals surface area contributed by atoms with E-state index < -0.39 is 11.8 Å². The van der Waals surface area contributed by atoms with Gasteiger partial charge in [0.25, 0.3) is 11.8 Å². The number of aliphatic hydroxyl groups is 1. The fourth-order valence-electron chi connectivity index (χ4n) is 1.69. The van der Waals surface area contributed by atoms with E-state index >= 15 is 0 Å². The molecule has 2 amide bonds. The highest BCUT2D eigenvalue weighted by Gasteiger charge is 2.30. The summed E-state index contributed by atoms with van der Waals surface area (Å²) in [5, 5.41) is 10.8. The van der Waals surface area contributed by atoms with Crippen LogP contribution in [-0.4, -0.2) is 29.3 Å². The zero-order valence-electron chi connectivity index (χ0n) is 8.32. The molecule has 2 N–H and O–H groups in total. The highest BCUT2D eigenvalue weighted by molar-refractivity contribution is 6.25.